The van der Waals surface area contributed by atoms with Gasteiger partial charge in [0.2, 0.25) is 0 Å². The Labute approximate surface area is 166 Å². The number of rotatable bonds is 7. The number of carbonyl (C=O) groups is 2. The molecule has 2 N–H and O–H groups in total. The molecule has 0 bridgehead atoms. The van der Waals surface area contributed by atoms with Gasteiger partial charge >= 0.3 is 6.09 Å². The van der Waals surface area contributed by atoms with E-state index in [0.717, 1.165) is 16.8 Å². The fourth-order valence-corrected chi connectivity index (χ4v) is 2.44. The zero-order valence-corrected chi connectivity index (χ0v) is 16.9. The van der Waals surface area contributed by atoms with Gasteiger partial charge in [-0.25, -0.2) is 4.79 Å². The van der Waals surface area contributed by atoms with Crippen molar-refractivity contribution in [2.24, 2.45) is 0 Å². The molecule has 2 aromatic rings. The van der Waals surface area contributed by atoms with Crippen LogP contribution in [-0.4, -0.2) is 24.2 Å². The molecule has 28 heavy (non-hydrogen) atoms. The van der Waals surface area contributed by atoms with E-state index in [1.54, 1.807) is 24.3 Å². The van der Waals surface area contributed by atoms with Crippen molar-refractivity contribution < 1.29 is 19.1 Å². The molecule has 2 aromatic carbocycles. The van der Waals surface area contributed by atoms with E-state index in [0.29, 0.717) is 25.3 Å². The van der Waals surface area contributed by atoms with Gasteiger partial charge in [-0.2, -0.15) is 0 Å². The molecule has 0 spiro atoms. The van der Waals surface area contributed by atoms with Crippen LogP contribution >= 0.6 is 0 Å². The Morgan fingerprint density at radius 1 is 1.00 bits per heavy atom. The summed E-state index contributed by atoms with van der Waals surface area (Å²) in [4.78, 5) is 24.2. The lowest BCUT2D eigenvalue weighted by atomic mass is 10.1. The summed E-state index contributed by atoms with van der Waals surface area (Å²) in [6, 6.07) is 14.6. The average molecular weight is 384 g/mol. The Bertz CT molecular complexity index is 795. The Morgan fingerprint density at radius 2 is 1.68 bits per heavy atom. The number of nitrogens with one attached hydrogen (secondary N) is 2. The smallest absolute Gasteiger partial charge is 0.407 e. The standard InChI is InChI=1S/C22H28N2O4/c1-5-27-15-18-8-6-7-9-19(18)24-20(25)17-12-10-16(11-13-17)14-23-21(26)28-22(2,3)4/h6-13H,5,14-15H2,1-4H3,(H,23,26)(H,24,25). The lowest BCUT2D eigenvalue weighted by Gasteiger charge is -2.19. The summed E-state index contributed by atoms with van der Waals surface area (Å²) in [7, 11) is 0. The molecule has 0 aromatic heterocycles. The van der Waals surface area contributed by atoms with Crippen molar-refractivity contribution in [3.63, 3.8) is 0 Å². The first kappa shape index (κ1) is 21.4. The molecule has 0 atom stereocenters. The fourth-order valence-electron chi connectivity index (χ4n) is 2.44. The second-order valence-electron chi connectivity index (χ2n) is 7.30. The zero-order chi connectivity index (χ0) is 20.6. The molecule has 0 aliphatic carbocycles. The number of hydrogen-bond acceptors (Lipinski definition) is 4. The summed E-state index contributed by atoms with van der Waals surface area (Å²) in [5.41, 5.74) is 2.53. The molecule has 0 aliphatic rings. The monoisotopic (exact) mass is 384 g/mol. The van der Waals surface area contributed by atoms with Gasteiger partial charge in [-0.1, -0.05) is 30.3 Å². The highest BCUT2D eigenvalue weighted by Gasteiger charge is 2.15. The molecule has 6 heteroatoms. The largest absolute Gasteiger partial charge is 0.444 e. The highest BCUT2D eigenvalue weighted by atomic mass is 16.6. The minimum absolute atomic E-state index is 0.199. The van der Waals surface area contributed by atoms with Crippen molar-refractivity contribution in [1.29, 1.82) is 0 Å². The number of ether oxygens (including phenoxy) is 2. The van der Waals surface area contributed by atoms with Crippen LogP contribution in [0, 0.1) is 0 Å². The van der Waals surface area contributed by atoms with Gasteiger partial charge in [0.1, 0.15) is 5.60 Å². The van der Waals surface area contributed by atoms with Crippen molar-refractivity contribution >= 4 is 17.7 Å². The normalized spacial score (nSPS) is 11.0. The van der Waals surface area contributed by atoms with Crippen LogP contribution < -0.4 is 10.6 Å². The summed E-state index contributed by atoms with van der Waals surface area (Å²) in [5.74, 6) is -0.199. The second kappa shape index (κ2) is 9.90. The Kier molecular flexibility index (Phi) is 7.58. The molecule has 0 heterocycles. The van der Waals surface area contributed by atoms with Gasteiger partial charge in [0.25, 0.3) is 5.91 Å². The first-order valence-corrected chi connectivity index (χ1v) is 9.31. The molecule has 6 nitrogen and oxygen atoms in total. The van der Waals surface area contributed by atoms with Crippen LogP contribution in [-0.2, 0) is 22.6 Å². The van der Waals surface area contributed by atoms with Crippen molar-refractivity contribution in [2.75, 3.05) is 11.9 Å². The van der Waals surface area contributed by atoms with Crippen LogP contribution in [0.4, 0.5) is 10.5 Å². The first-order valence-electron chi connectivity index (χ1n) is 9.31. The molecule has 2 rings (SSSR count). The molecule has 2 amide bonds. The van der Waals surface area contributed by atoms with E-state index in [9.17, 15) is 9.59 Å². The minimum Gasteiger partial charge on any atom is -0.444 e. The van der Waals surface area contributed by atoms with Crippen LogP contribution in [0.2, 0.25) is 0 Å². The van der Waals surface area contributed by atoms with Crippen molar-refractivity contribution in [3.8, 4) is 0 Å². The first-order chi connectivity index (χ1) is 13.3. The fraction of sp³-hybridized carbons (Fsp3) is 0.364. The summed E-state index contributed by atoms with van der Waals surface area (Å²) < 4.78 is 10.6. The molecule has 0 fully saturated rings. The number of amides is 2. The third-order valence-electron chi connectivity index (χ3n) is 3.78. The Morgan fingerprint density at radius 3 is 2.32 bits per heavy atom. The van der Waals surface area contributed by atoms with E-state index in [4.69, 9.17) is 9.47 Å². The number of alkyl carbamates (subject to hydrolysis) is 1. The van der Waals surface area contributed by atoms with Gasteiger partial charge in [0.05, 0.1) is 6.61 Å². The second-order valence-corrected chi connectivity index (χ2v) is 7.30. The summed E-state index contributed by atoms with van der Waals surface area (Å²) in [5, 5.41) is 5.62. The van der Waals surface area contributed by atoms with Crippen LogP contribution in [0.15, 0.2) is 48.5 Å². The lowest BCUT2D eigenvalue weighted by molar-refractivity contribution is 0.0523. The van der Waals surface area contributed by atoms with Crippen molar-refractivity contribution in [2.45, 2.75) is 46.4 Å². The van der Waals surface area contributed by atoms with Gasteiger partial charge in [-0.3, -0.25) is 4.79 Å². The molecular formula is C22H28N2O4. The molecule has 0 unspecified atom stereocenters. The molecule has 150 valence electrons. The Balaban J connectivity index is 1.94. The predicted molar refractivity (Wildman–Crippen MR) is 109 cm³/mol. The number of carbonyl (C=O) groups excluding carboxylic acids is 2. The van der Waals surface area contributed by atoms with Gasteiger partial charge in [-0.15, -0.1) is 0 Å². The summed E-state index contributed by atoms with van der Waals surface area (Å²) in [6.45, 7) is 8.75. The quantitative estimate of drug-likeness (QED) is 0.737. The summed E-state index contributed by atoms with van der Waals surface area (Å²) >= 11 is 0. The topological polar surface area (TPSA) is 76.7 Å². The van der Waals surface area contributed by atoms with Gasteiger partial charge in [0.15, 0.2) is 0 Å². The number of hydrogen-bond donors (Lipinski definition) is 2. The van der Waals surface area contributed by atoms with Crippen molar-refractivity contribution in [1.82, 2.24) is 5.32 Å². The van der Waals surface area contributed by atoms with Gasteiger partial charge in [-0.05, 0) is 51.5 Å². The SMILES string of the molecule is CCOCc1ccccc1NC(=O)c1ccc(CNC(=O)OC(C)(C)C)cc1. The van der Waals surface area contributed by atoms with Crippen molar-refractivity contribution in [3.05, 3.63) is 65.2 Å². The van der Waals surface area contributed by atoms with E-state index in [-0.39, 0.29) is 5.91 Å². The van der Waals surface area contributed by atoms with Gasteiger partial charge in [0, 0.05) is 30.0 Å². The number of para-hydroxylation sites is 1. The maximum Gasteiger partial charge on any atom is 0.407 e. The predicted octanol–water partition coefficient (Wildman–Crippen LogP) is 4.50. The molecular weight excluding hydrogens is 356 g/mol. The van der Waals surface area contributed by atoms with Crippen LogP contribution in [0.5, 0.6) is 0 Å². The summed E-state index contributed by atoms with van der Waals surface area (Å²) in [6.07, 6.45) is -0.472. The van der Waals surface area contributed by atoms with E-state index in [1.165, 1.54) is 0 Å². The molecule has 0 saturated heterocycles. The maximum absolute atomic E-state index is 12.5. The average Bonchev–Trinajstić information content (AvgIpc) is 2.64. The van der Waals surface area contributed by atoms with E-state index >= 15 is 0 Å². The number of benzene rings is 2. The lowest BCUT2D eigenvalue weighted by Crippen LogP contribution is -2.32. The maximum atomic E-state index is 12.5. The van der Waals surface area contributed by atoms with E-state index < -0.39 is 11.7 Å². The van der Waals surface area contributed by atoms with Crippen LogP contribution in [0.3, 0.4) is 0 Å². The molecule has 0 aliphatic heterocycles. The zero-order valence-electron chi connectivity index (χ0n) is 16.9. The van der Waals surface area contributed by atoms with Gasteiger partial charge < -0.3 is 20.1 Å². The van der Waals surface area contributed by atoms with E-state index in [2.05, 4.69) is 10.6 Å². The Hall–Kier alpha value is -2.86. The van der Waals surface area contributed by atoms with Crippen LogP contribution in [0.1, 0.15) is 49.2 Å². The molecule has 0 saturated carbocycles. The highest BCUT2D eigenvalue weighted by Crippen LogP contribution is 2.17. The number of anilines is 1. The minimum atomic E-state index is -0.537. The third-order valence-corrected chi connectivity index (χ3v) is 3.78. The van der Waals surface area contributed by atoms with E-state index in [1.807, 2.05) is 52.0 Å². The third kappa shape index (κ3) is 7.04. The highest BCUT2D eigenvalue weighted by molar-refractivity contribution is 6.04. The molecule has 0 radical (unpaired) electrons. The van der Waals surface area contributed by atoms with Crippen LogP contribution in [0.25, 0.3) is 0 Å².